The molecule has 1 rings (SSSR count). The summed E-state index contributed by atoms with van der Waals surface area (Å²) in [6, 6.07) is 4.48. The molecule has 0 saturated carbocycles. The summed E-state index contributed by atoms with van der Waals surface area (Å²) < 4.78 is 0. The Bertz CT molecular complexity index is 410. The Balaban J connectivity index is 2.57. The highest BCUT2D eigenvalue weighted by Gasteiger charge is 2.13. The van der Waals surface area contributed by atoms with Crippen molar-refractivity contribution < 1.29 is 9.90 Å². The predicted molar refractivity (Wildman–Crippen MR) is 70.4 cm³/mol. The Morgan fingerprint density at radius 2 is 2.06 bits per heavy atom. The smallest absolute Gasteiger partial charge is 0.224 e. The third-order valence-electron chi connectivity index (χ3n) is 2.33. The van der Waals surface area contributed by atoms with Gasteiger partial charge in [0.25, 0.3) is 0 Å². The van der Waals surface area contributed by atoms with E-state index >= 15 is 0 Å². The number of phenolic OH excluding ortho intramolecular Hbond substituents is 1. The van der Waals surface area contributed by atoms with E-state index in [1.807, 2.05) is 0 Å². The molecule has 1 amide bonds. The lowest BCUT2D eigenvalue weighted by Crippen LogP contribution is -2.15. The second kappa shape index (κ2) is 5.41. The lowest BCUT2D eigenvalue weighted by molar-refractivity contribution is -0.116. The average molecular weight is 256 g/mol. The minimum Gasteiger partial charge on any atom is -0.508 e. The molecule has 0 bridgehead atoms. The number of hydrogen-bond acceptors (Lipinski definition) is 2. The van der Waals surface area contributed by atoms with Gasteiger partial charge in [0.2, 0.25) is 5.91 Å². The minimum absolute atomic E-state index is 0.0625. The zero-order chi connectivity index (χ0) is 13.1. The van der Waals surface area contributed by atoms with Crippen LogP contribution in [-0.2, 0) is 4.79 Å². The zero-order valence-corrected chi connectivity index (χ0v) is 11.1. The number of anilines is 1. The van der Waals surface area contributed by atoms with Gasteiger partial charge in [0, 0.05) is 12.5 Å². The second-order valence-corrected chi connectivity index (χ2v) is 5.68. The van der Waals surface area contributed by atoms with Crippen LogP contribution >= 0.6 is 11.6 Å². The lowest BCUT2D eigenvalue weighted by atomic mass is 9.90. The Kier molecular flexibility index (Phi) is 4.40. The molecule has 0 saturated heterocycles. The van der Waals surface area contributed by atoms with Gasteiger partial charge in [-0.05, 0) is 24.0 Å². The Hall–Kier alpha value is -1.22. The third kappa shape index (κ3) is 5.09. The SMILES string of the molecule is CC(C)(C)CCC(=O)Nc1ccc(O)cc1Cl. The van der Waals surface area contributed by atoms with Crippen LogP contribution in [-0.4, -0.2) is 11.0 Å². The van der Waals surface area contributed by atoms with Gasteiger partial charge in [0.1, 0.15) is 5.75 Å². The van der Waals surface area contributed by atoms with Crippen molar-refractivity contribution in [2.75, 3.05) is 5.32 Å². The average Bonchev–Trinajstić information content (AvgIpc) is 2.18. The summed E-state index contributed by atoms with van der Waals surface area (Å²) in [6.07, 6.45) is 1.27. The Labute approximate surface area is 107 Å². The normalized spacial score (nSPS) is 11.3. The summed E-state index contributed by atoms with van der Waals surface area (Å²) in [4.78, 5) is 11.7. The number of benzene rings is 1. The molecular weight excluding hydrogens is 238 g/mol. The molecule has 1 aromatic carbocycles. The van der Waals surface area contributed by atoms with Gasteiger partial charge in [-0.1, -0.05) is 32.4 Å². The molecule has 0 aliphatic rings. The van der Waals surface area contributed by atoms with Crippen LogP contribution < -0.4 is 5.32 Å². The number of aromatic hydroxyl groups is 1. The van der Waals surface area contributed by atoms with Gasteiger partial charge in [0.05, 0.1) is 10.7 Å². The summed E-state index contributed by atoms with van der Waals surface area (Å²) in [6.45, 7) is 6.27. The Morgan fingerprint density at radius 3 is 2.59 bits per heavy atom. The van der Waals surface area contributed by atoms with Crippen LogP contribution in [0.2, 0.25) is 5.02 Å². The van der Waals surface area contributed by atoms with E-state index in [0.29, 0.717) is 17.1 Å². The highest BCUT2D eigenvalue weighted by atomic mass is 35.5. The summed E-state index contributed by atoms with van der Waals surface area (Å²) in [5.74, 6) is 0.0233. The highest BCUT2D eigenvalue weighted by Crippen LogP contribution is 2.27. The van der Waals surface area contributed by atoms with Gasteiger partial charge in [-0.25, -0.2) is 0 Å². The van der Waals surface area contributed by atoms with Crippen LogP contribution in [0.25, 0.3) is 0 Å². The fourth-order valence-electron chi connectivity index (χ4n) is 1.31. The first-order chi connectivity index (χ1) is 7.78. The highest BCUT2D eigenvalue weighted by molar-refractivity contribution is 6.33. The van der Waals surface area contributed by atoms with Crippen molar-refractivity contribution >= 4 is 23.2 Å². The summed E-state index contributed by atoms with van der Waals surface area (Å²) >= 11 is 5.89. The molecule has 94 valence electrons. The molecule has 17 heavy (non-hydrogen) atoms. The van der Waals surface area contributed by atoms with Crippen LogP contribution in [0.5, 0.6) is 5.75 Å². The number of phenols is 1. The van der Waals surface area contributed by atoms with E-state index in [1.54, 1.807) is 6.07 Å². The van der Waals surface area contributed by atoms with Gasteiger partial charge >= 0.3 is 0 Å². The monoisotopic (exact) mass is 255 g/mol. The fraction of sp³-hybridized carbons (Fsp3) is 0.462. The number of amides is 1. The molecule has 0 fully saturated rings. The van der Waals surface area contributed by atoms with Gasteiger partial charge in [-0.2, -0.15) is 0 Å². The van der Waals surface area contributed by atoms with E-state index in [4.69, 9.17) is 11.6 Å². The number of rotatable bonds is 3. The van der Waals surface area contributed by atoms with E-state index in [1.165, 1.54) is 12.1 Å². The molecule has 1 aromatic rings. The van der Waals surface area contributed by atoms with E-state index in [2.05, 4.69) is 26.1 Å². The summed E-state index contributed by atoms with van der Waals surface area (Å²) in [5, 5.41) is 12.3. The number of halogens is 1. The quantitative estimate of drug-likeness (QED) is 0.807. The standard InChI is InChI=1S/C13H18ClNO2/c1-13(2,3)7-6-12(17)15-11-5-4-9(16)8-10(11)14/h4-5,8,16H,6-7H2,1-3H3,(H,15,17). The molecule has 0 aliphatic heterocycles. The predicted octanol–water partition coefficient (Wildman–Crippen LogP) is 3.81. The summed E-state index contributed by atoms with van der Waals surface area (Å²) in [7, 11) is 0. The zero-order valence-electron chi connectivity index (χ0n) is 10.4. The molecule has 0 aliphatic carbocycles. The van der Waals surface area contributed by atoms with Crippen LogP contribution in [0.15, 0.2) is 18.2 Å². The van der Waals surface area contributed by atoms with Crippen LogP contribution in [0.3, 0.4) is 0 Å². The van der Waals surface area contributed by atoms with Crippen molar-refractivity contribution in [1.29, 1.82) is 0 Å². The van der Waals surface area contributed by atoms with E-state index in [9.17, 15) is 9.90 Å². The number of nitrogens with one attached hydrogen (secondary N) is 1. The number of carbonyl (C=O) groups excluding carboxylic acids is 1. The first-order valence-corrected chi connectivity index (χ1v) is 5.94. The van der Waals surface area contributed by atoms with Gasteiger partial charge in [-0.15, -0.1) is 0 Å². The lowest BCUT2D eigenvalue weighted by Gasteiger charge is -2.17. The second-order valence-electron chi connectivity index (χ2n) is 5.27. The first kappa shape index (κ1) is 13.8. The maximum atomic E-state index is 11.7. The van der Waals surface area contributed by atoms with Gasteiger partial charge < -0.3 is 10.4 Å². The largest absolute Gasteiger partial charge is 0.508 e. The van der Waals surface area contributed by atoms with Crippen molar-refractivity contribution in [2.45, 2.75) is 33.6 Å². The molecule has 0 spiro atoms. The topological polar surface area (TPSA) is 49.3 Å². The van der Waals surface area contributed by atoms with Crippen LogP contribution in [0.1, 0.15) is 33.6 Å². The first-order valence-electron chi connectivity index (χ1n) is 5.56. The van der Waals surface area contributed by atoms with Crippen molar-refractivity contribution in [3.63, 3.8) is 0 Å². The Morgan fingerprint density at radius 1 is 1.41 bits per heavy atom. The van der Waals surface area contributed by atoms with Gasteiger partial charge in [0.15, 0.2) is 0 Å². The van der Waals surface area contributed by atoms with Crippen molar-refractivity contribution in [1.82, 2.24) is 0 Å². The third-order valence-corrected chi connectivity index (χ3v) is 2.64. The molecule has 0 atom stereocenters. The van der Waals surface area contributed by atoms with Crippen molar-refractivity contribution in [2.24, 2.45) is 5.41 Å². The van der Waals surface area contributed by atoms with Crippen molar-refractivity contribution in [3.05, 3.63) is 23.2 Å². The molecule has 3 nitrogen and oxygen atoms in total. The molecule has 2 N–H and O–H groups in total. The fourth-order valence-corrected chi connectivity index (χ4v) is 1.53. The maximum absolute atomic E-state index is 11.7. The minimum atomic E-state index is -0.0625. The molecule has 0 aromatic heterocycles. The van der Waals surface area contributed by atoms with Crippen LogP contribution in [0.4, 0.5) is 5.69 Å². The summed E-state index contributed by atoms with van der Waals surface area (Å²) in [5.41, 5.74) is 0.666. The maximum Gasteiger partial charge on any atom is 0.224 e. The molecule has 4 heteroatoms. The number of carbonyl (C=O) groups is 1. The van der Waals surface area contributed by atoms with Crippen molar-refractivity contribution in [3.8, 4) is 5.75 Å². The van der Waals surface area contributed by atoms with E-state index in [-0.39, 0.29) is 17.1 Å². The molecule has 0 radical (unpaired) electrons. The molecule has 0 unspecified atom stereocenters. The molecular formula is C13H18ClNO2. The van der Waals surface area contributed by atoms with E-state index in [0.717, 1.165) is 6.42 Å². The van der Waals surface area contributed by atoms with Gasteiger partial charge in [-0.3, -0.25) is 4.79 Å². The molecule has 0 heterocycles. The number of hydrogen-bond donors (Lipinski definition) is 2. The van der Waals surface area contributed by atoms with E-state index < -0.39 is 0 Å². The van der Waals surface area contributed by atoms with Crippen LogP contribution in [0, 0.1) is 5.41 Å².